The summed E-state index contributed by atoms with van der Waals surface area (Å²) in [6.45, 7) is 2.07. The molecule has 2 heterocycles. The molecule has 1 aliphatic rings. The van der Waals surface area contributed by atoms with E-state index in [0.29, 0.717) is 16.8 Å². The quantitative estimate of drug-likeness (QED) is 0.368. The Morgan fingerprint density at radius 1 is 0.968 bits per heavy atom. The molecule has 31 heavy (non-hydrogen) atoms. The van der Waals surface area contributed by atoms with Crippen molar-refractivity contribution in [1.29, 1.82) is 0 Å². The van der Waals surface area contributed by atoms with Crippen LogP contribution in [0.1, 0.15) is 21.5 Å². The summed E-state index contributed by atoms with van der Waals surface area (Å²) >= 11 is 1.58. The third-order valence-electron chi connectivity index (χ3n) is 5.60. The fourth-order valence-electron chi connectivity index (χ4n) is 4.13. The molecular weight excluding hydrogens is 406 g/mol. The van der Waals surface area contributed by atoms with Crippen LogP contribution in [0, 0.1) is 6.92 Å². The Morgan fingerprint density at radius 2 is 1.81 bits per heavy atom. The Kier molecular flexibility index (Phi) is 3.85. The van der Waals surface area contributed by atoms with Gasteiger partial charge < -0.3 is 4.74 Å². The molecule has 0 bridgehead atoms. The molecule has 0 fully saturated rings. The molecule has 0 atom stereocenters. The number of nitrogens with zero attached hydrogens (tertiary/aromatic N) is 3. The lowest BCUT2D eigenvalue weighted by Gasteiger charge is -2.04. The van der Waals surface area contributed by atoms with Gasteiger partial charge in [0, 0.05) is 16.7 Å². The fourth-order valence-corrected chi connectivity index (χ4v) is 5.15. The second kappa shape index (κ2) is 6.62. The molecule has 6 heteroatoms. The van der Waals surface area contributed by atoms with Gasteiger partial charge in [-0.3, -0.25) is 4.79 Å². The van der Waals surface area contributed by atoms with Gasteiger partial charge in [-0.25, -0.2) is 9.67 Å². The normalized spacial score (nSPS) is 12.3. The summed E-state index contributed by atoms with van der Waals surface area (Å²) < 4.78 is 8.32. The van der Waals surface area contributed by atoms with Crippen molar-refractivity contribution in [3.8, 4) is 33.4 Å². The first kappa shape index (κ1) is 18.0. The minimum atomic E-state index is -0.00775. The van der Waals surface area contributed by atoms with E-state index in [4.69, 9.17) is 14.8 Å². The van der Waals surface area contributed by atoms with E-state index in [1.54, 1.807) is 18.4 Å². The number of aromatic nitrogens is 3. The predicted octanol–water partition coefficient (Wildman–Crippen LogP) is 5.68. The lowest BCUT2D eigenvalue weighted by molar-refractivity contribution is 0.104. The Balaban J connectivity index is 1.65. The van der Waals surface area contributed by atoms with Crippen LogP contribution in [-0.4, -0.2) is 27.7 Å². The number of ketones is 1. The van der Waals surface area contributed by atoms with Gasteiger partial charge in [-0.05, 0) is 36.8 Å². The molecule has 0 N–H and O–H groups in total. The van der Waals surface area contributed by atoms with Crippen LogP contribution in [0.25, 0.3) is 37.9 Å². The summed E-state index contributed by atoms with van der Waals surface area (Å²) in [6, 6.07) is 21.6. The van der Waals surface area contributed by atoms with Crippen molar-refractivity contribution in [1.82, 2.24) is 14.8 Å². The van der Waals surface area contributed by atoms with Crippen molar-refractivity contribution >= 4 is 27.3 Å². The van der Waals surface area contributed by atoms with Gasteiger partial charge in [0.1, 0.15) is 11.4 Å². The zero-order valence-corrected chi connectivity index (χ0v) is 17.7. The van der Waals surface area contributed by atoms with Crippen LogP contribution < -0.4 is 4.74 Å². The minimum absolute atomic E-state index is 0.00775. The van der Waals surface area contributed by atoms with Crippen LogP contribution in [0.2, 0.25) is 0 Å². The second-order valence-corrected chi connectivity index (χ2v) is 8.57. The molecule has 6 rings (SSSR count). The maximum atomic E-state index is 13.4. The summed E-state index contributed by atoms with van der Waals surface area (Å²) in [6.07, 6.45) is 0. The number of benzene rings is 3. The van der Waals surface area contributed by atoms with E-state index < -0.39 is 0 Å². The average molecular weight is 423 g/mol. The average Bonchev–Trinajstić information content (AvgIpc) is 3.46. The van der Waals surface area contributed by atoms with Crippen LogP contribution in [0.4, 0.5) is 0 Å². The second-order valence-electron chi connectivity index (χ2n) is 7.56. The molecule has 0 aliphatic heterocycles. The summed E-state index contributed by atoms with van der Waals surface area (Å²) in [5.41, 5.74) is 6.60. The van der Waals surface area contributed by atoms with Gasteiger partial charge in [-0.2, -0.15) is 5.10 Å². The van der Waals surface area contributed by atoms with Gasteiger partial charge in [0.15, 0.2) is 5.78 Å². The highest BCUT2D eigenvalue weighted by Crippen LogP contribution is 2.44. The summed E-state index contributed by atoms with van der Waals surface area (Å²) in [5.74, 6) is 0.714. The lowest BCUT2D eigenvalue weighted by atomic mass is 10.0. The number of fused-ring (bicyclic) bond motifs is 4. The largest absolute Gasteiger partial charge is 0.497 e. The number of thiazole rings is 1. The zero-order valence-electron chi connectivity index (χ0n) is 16.9. The van der Waals surface area contributed by atoms with Gasteiger partial charge in [0.05, 0.1) is 28.6 Å². The van der Waals surface area contributed by atoms with E-state index in [1.807, 2.05) is 59.3 Å². The van der Waals surface area contributed by atoms with Crippen molar-refractivity contribution in [2.45, 2.75) is 6.92 Å². The van der Waals surface area contributed by atoms with Gasteiger partial charge >= 0.3 is 0 Å². The molecule has 2 aromatic heterocycles. The SMILES string of the molecule is COc1cccc(-c2nn(-c3nc4ccc(C)cc4s3)c3c2C(=O)c2ccccc2-3)c1. The molecule has 150 valence electrons. The highest BCUT2D eigenvalue weighted by atomic mass is 32.1. The number of aryl methyl sites for hydroxylation is 1. The van der Waals surface area contributed by atoms with Crippen LogP contribution >= 0.6 is 11.3 Å². The number of methoxy groups -OCH3 is 1. The number of hydrogen-bond acceptors (Lipinski definition) is 5. The first-order valence-electron chi connectivity index (χ1n) is 9.93. The van der Waals surface area contributed by atoms with Crippen molar-refractivity contribution in [3.05, 3.63) is 83.4 Å². The van der Waals surface area contributed by atoms with Gasteiger partial charge in [-0.15, -0.1) is 0 Å². The van der Waals surface area contributed by atoms with E-state index in [1.165, 1.54) is 5.56 Å². The van der Waals surface area contributed by atoms with Gasteiger partial charge in [0.25, 0.3) is 0 Å². The van der Waals surface area contributed by atoms with Crippen LogP contribution in [-0.2, 0) is 0 Å². The summed E-state index contributed by atoms with van der Waals surface area (Å²) in [5, 5.41) is 5.65. The molecule has 0 amide bonds. The first-order valence-corrected chi connectivity index (χ1v) is 10.7. The monoisotopic (exact) mass is 423 g/mol. The third kappa shape index (κ3) is 2.65. The molecule has 5 nitrogen and oxygen atoms in total. The summed E-state index contributed by atoms with van der Waals surface area (Å²) in [7, 11) is 1.63. The topological polar surface area (TPSA) is 57.0 Å². The smallest absolute Gasteiger partial charge is 0.212 e. The van der Waals surface area contributed by atoms with Crippen LogP contribution in [0.15, 0.2) is 66.7 Å². The number of hydrogen-bond donors (Lipinski definition) is 0. The van der Waals surface area contributed by atoms with E-state index in [9.17, 15) is 4.79 Å². The molecule has 0 spiro atoms. The molecule has 0 radical (unpaired) electrons. The maximum Gasteiger partial charge on any atom is 0.212 e. The molecule has 1 aliphatic carbocycles. The number of rotatable bonds is 3. The van der Waals surface area contributed by atoms with E-state index >= 15 is 0 Å². The maximum absolute atomic E-state index is 13.4. The first-order chi connectivity index (χ1) is 15.1. The van der Waals surface area contributed by atoms with E-state index in [2.05, 4.69) is 19.1 Å². The van der Waals surface area contributed by atoms with Gasteiger partial charge in [0.2, 0.25) is 5.13 Å². The predicted molar refractivity (Wildman–Crippen MR) is 122 cm³/mol. The number of carbonyl (C=O) groups excluding carboxylic acids is 1. The molecule has 0 unspecified atom stereocenters. The Hall–Kier alpha value is -3.77. The third-order valence-corrected chi connectivity index (χ3v) is 6.59. The molecule has 0 saturated carbocycles. The zero-order chi connectivity index (χ0) is 21.1. The van der Waals surface area contributed by atoms with Crippen LogP contribution in [0.3, 0.4) is 0 Å². The van der Waals surface area contributed by atoms with E-state index in [-0.39, 0.29) is 5.78 Å². The Labute approximate surface area is 182 Å². The van der Waals surface area contributed by atoms with Crippen molar-refractivity contribution in [2.24, 2.45) is 0 Å². The number of ether oxygens (including phenoxy) is 1. The Morgan fingerprint density at radius 3 is 2.65 bits per heavy atom. The standard InChI is InChI=1S/C25H17N3O2S/c1-14-10-11-19-20(12-14)31-25(26-19)28-23-17-8-3-4-9-18(17)24(29)21(23)22(27-28)15-6-5-7-16(13-15)30-2/h3-13H,1-2H3. The van der Waals surface area contributed by atoms with Crippen molar-refractivity contribution < 1.29 is 9.53 Å². The van der Waals surface area contributed by atoms with Crippen LogP contribution in [0.5, 0.6) is 5.75 Å². The minimum Gasteiger partial charge on any atom is -0.497 e. The van der Waals surface area contributed by atoms with Crippen molar-refractivity contribution in [2.75, 3.05) is 7.11 Å². The lowest BCUT2D eigenvalue weighted by Crippen LogP contribution is -2.00. The molecule has 3 aromatic carbocycles. The van der Waals surface area contributed by atoms with E-state index in [0.717, 1.165) is 37.9 Å². The highest BCUT2D eigenvalue weighted by molar-refractivity contribution is 7.20. The molecule has 5 aromatic rings. The molecule has 0 saturated heterocycles. The summed E-state index contributed by atoms with van der Waals surface area (Å²) in [4.78, 5) is 18.2. The highest BCUT2D eigenvalue weighted by Gasteiger charge is 2.36. The van der Waals surface area contributed by atoms with Crippen molar-refractivity contribution in [3.63, 3.8) is 0 Å². The van der Waals surface area contributed by atoms with Gasteiger partial charge in [-0.1, -0.05) is 53.8 Å². The molecular formula is C25H17N3O2S. The fraction of sp³-hybridized carbons (Fsp3) is 0.0800. The number of carbonyl (C=O) groups is 1. The Bertz CT molecular complexity index is 1510.